The molecule has 3 aromatic rings. The second-order valence-corrected chi connectivity index (χ2v) is 12.5. The Morgan fingerprint density at radius 2 is 1.92 bits per heavy atom. The van der Waals surface area contributed by atoms with Crippen LogP contribution in [0.15, 0.2) is 58.5 Å². The van der Waals surface area contributed by atoms with Crippen LogP contribution in [0.4, 0.5) is 4.79 Å². The average Bonchev–Trinajstić information content (AvgIpc) is 3.41. The molecule has 2 amide bonds. The largest absolute Gasteiger partial charge is 0.444 e. The maximum absolute atomic E-state index is 12.6. The molecule has 0 saturated carbocycles. The molecule has 1 aliphatic rings. The Hall–Kier alpha value is -2.61. The van der Waals surface area contributed by atoms with E-state index in [1.807, 2.05) is 46.1 Å². The molecule has 4 rings (SSSR count). The highest BCUT2D eigenvalue weighted by molar-refractivity contribution is 7.99. The van der Waals surface area contributed by atoms with Crippen LogP contribution in [-0.2, 0) is 16.6 Å². The minimum Gasteiger partial charge on any atom is -0.444 e. The van der Waals surface area contributed by atoms with Crippen molar-refractivity contribution in [1.29, 1.82) is 0 Å². The van der Waals surface area contributed by atoms with Gasteiger partial charge in [0.25, 0.3) is 0 Å². The normalized spacial score (nSPS) is 17.9. The van der Waals surface area contributed by atoms with Gasteiger partial charge in [-0.2, -0.15) is 0 Å². The number of aromatic nitrogens is 1. The van der Waals surface area contributed by atoms with E-state index in [1.165, 1.54) is 6.08 Å². The van der Waals surface area contributed by atoms with Gasteiger partial charge in [-0.3, -0.25) is 4.79 Å². The third-order valence-corrected chi connectivity index (χ3v) is 8.63. The number of nitrogens with zero attached hydrogens (tertiary/aromatic N) is 2. The smallest absolute Gasteiger partial charge is 0.410 e. The van der Waals surface area contributed by atoms with Gasteiger partial charge in [0.1, 0.15) is 5.60 Å². The maximum atomic E-state index is 12.6. The van der Waals surface area contributed by atoms with Crippen LogP contribution in [0.2, 0.25) is 10.0 Å². The lowest BCUT2D eigenvalue weighted by molar-refractivity contribution is -0.116. The predicted octanol–water partition coefficient (Wildman–Crippen LogP) is 7.41. The molecule has 9 heteroatoms. The molecule has 2 atom stereocenters. The second-order valence-electron chi connectivity index (χ2n) is 10.6. The van der Waals surface area contributed by atoms with Crippen LogP contribution in [0.25, 0.3) is 17.0 Å². The van der Waals surface area contributed by atoms with Crippen molar-refractivity contribution in [2.24, 2.45) is 13.0 Å². The number of benzene rings is 2. The zero-order valence-electron chi connectivity index (χ0n) is 22.3. The molecule has 1 N–H and O–H groups in total. The summed E-state index contributed by atoms with van der Waals surface area (Å²) < 4.78 is 7.61. The molecule has 202 valence electrons. The highest BCUT2D eigenvalue weighted by Crippen LogP contribution is 2.40. The number of aryl methyl sites for hydroxylation is 1. The van der Waals surface area contributed by atoms with Gasteiger partial charge >= 0.3 is 6.09 Å². The van der Waals surface area contributed by atoms with Crippen molar-refractivity contribution in [3.05, 3.63) is 64.3 Å². The fourth-order valence-corrected chi connectivity index (χ4v) is 5.98. The number of carbonyl (C=O) groups is 2. The number of halogens is 2. The van der Waals surface area contributed by atoms with E-state index in [9.17, 15) is 9.59 Å². The minimum atomic E-state index is -0.566. The molecule has 1 aromatic heterocycles. The molecule has 2 heterocycles. The van der Waals surface area contributed by atoms with Gasteiger partial charge in [-0.05, 0) is 75.1 Å². The highest BCUT2D eigenvalue weighted by Gasteiger charge is 2.36. The Labute approximate surface area is 238 Å². The van der Waals surface area contributed by atoms with Gasteiger partial charge in [0.2, 0.25) is 5.91 Å². The topological polar surface area (TPSA) is 63.6 Å². The summed E-state index contributed by atoms with van der Waals surface area (Å²) in [5, 5.41) is 4.90. The summed E-state index contributed by atoms with van der Waals surface area (Å²) >= 11 is 14.7. The van der Waals surface area contributed by atoms with E-state index in [-0.39, 0.29) is 24.0 Å². The number of nitrogens with one attached hydrogen (secondary N) is 1. The summed E-state index contributed by atoms with van der Waals surface area (Å²) in [6.07, 6.45) is 5.64. The number of ether oxygens (including phenoxy) is 1. The summed E-state index contributed by atoms with van der Waals surface area (Å²) in [4.78, 5) is 28.8. The van der Waals surface area contributed by atoms with Crippen molar-refractivity contribution in [2.75, 3.05) is 13.1 Å². The van der Waals surface area contributed by atoms with E-state index in [2.05, 4.69) is 41.1 Å². The van der Waals surface area contributed by atoms with E-state index in [4.69, 9.17) is 27.9 Å². The van der Waals surface area contributed by atoms with E-state index >= 15 is 0 Å². The number of hydrogen-bond donors (Lipinski definition) is 1. The van der Waals surface area contributed by atoms with E-state index in [0.717, 1.165) is 27.1 Å². The lowest BCUT2D eigenvalue weighted by Crippen LogP contribution is -2.46. The first kappa shape index (κ1) is 28.4. The number of likely N-dealkylation sites (tertiary alicyclic amines) is 1. The Morgan fingerprint density at radius 1 is 1.16 bits per heavy atom. The van der Waals surface area contributed by atoms with Crippen LogP contribution in [0.5, 0.6) is 0 Å². The lowest BCUT2D eigenvalue weighted by Gasteiger charge is -2.30. The molecule has 0 bridgehead atoms. The van der Waals surface area contributed by atoms with Crippen molar-refractivity contribution in [2.45, 2.75) is 55.5 Å². The molecule has 38 heavy (non-hydrogen) atoms. The van der Waals surface area contributed by atoms with Crippen LogP contribution in [0, 0.1) is 5.92 Å². The van der Waals surface area contributed by atoms with Crippen LogP contribution >= 0.6 is 35.0 Å². The van der Waals surface area contributed by atoms with Gasteiger partial charge in [0, 0.05) is 53.1 Å². The fourth-order valence-electron chi connectivity index (χ4n) is 4.50. The van der Waals surface area contributed by atoms with Crippen molar-refractivity contribution in [1.82, 2.24) is 14.8 Å². The Balaban J connectivity index is 1.37. The van der Waals surface area contributed by atoms with Gasteiger partial charge in [0.15, 0.2) is 0 Å². The summed E-state index contributed by atoms with van der Waals surface area (Å²) in [6, 6.07) is 12.0. The standard InChI is InChI=1S/C29H33Cl2N3O3S/c1-18-12-15-34(28(36)37-29(2,3)4)23(18)17-32-25(35)11-7-19-6-10-24(27(31)26(19)30)38-21-8-9-22-20(16-21)13-14-33(22)5/h6-11,13-14,16,18,23H,12,15,17H2,1-5H3,(H,32,35)/b11-7+/t18-,23?/m0/s1. The highest BCUT2D eigenvalue weighted by atomic mass is 35.5. The monoisotopic (exact) mass is 573 g/mol. The molecule has 0 radical (unpaired) electrons. The molecular formula is C29H33Cl2N3O3S. The van der Waals surface area contributed by atoms with Crippen LogP contribution in [0.3, 0.4) is 0 Å². The van der Waals surface area contributed by atoms with E-state index < -0.39 is 5.60 Å². The number of carbonyl (C=O) groups excluding carboxylic acids is 2. The summed E-state index contributed by atoms with van der Waals surface area (Å²) in [7, 11) is 2.02. The van der Waals surface area contributed by atoms with Gasteiger partial charge in [0.05, 0.1) is 16.1 Å². The molecule has 2 aromatic carbocycles. The van der Waals surface area contributed by atoms with E-state index in [0.29, 0.717) is 28.7 Å². The molecular weight excluding hydrogens is 541 g/mol. The van der Waals surface area contributed by atoms with Gasteiger partial charge in [-0.15, -0.1) is 0 Å². The summed E-state index contributed by atoms with van der Waals surface area (Å²) in [5.74, 6) is -0.0114. The number of fused-ring (bicyclic) bond motifs is 1. The second kappa shape index (κ2) is 11.6. The van der Waals surface area contributed by atoms with E-state index in [1.54, 1.807) is 22.7 Å². The molecule has 6 nitrogen and oxygen atoms in total. The molecule has 0 aliphatic carbocycles. The van der Waals surface area contributed by atoms with Crippen molar-refractivity contribution in [3.8, 4) is 0 Å². The Bertz CT molecular complexity index is 1380. The molecule has 1 unspecified atom stereocenters. The maximum Gasteiger partial charge on any atom is 0.410 e. The van der Waals surface area contributed by atoms with Crippen molar-refractivity contribution < 1.29 is 14.3 Å². The van der Waals surface area contributed by atoms with Crippen molar-refractivity contribution >= 4 is 63.9 Å². The van der Waals surface area contributed by atoms with Crippen LogP contribution in [0.1, 0.15) is 39.7 Å². The number of hydrogen-bond acceptors (Lipinski definition) is 4. The minimum absolute atomic E-state index is 0.119. The summed E-state index contributed by atoms with van der Waals surface area (Å²) in [5.41, 5.74) is 1.25. The first-order valence-corrected chi connectivity index (χ1v) is 14.2. The predicted molar refractivity (Wildman–Crippen MR) is 156 cm³/mol. The third kappa shape index (κ3) is 6.68. The number of amides is 2. The molecule has 1 fully saturated rings. The molecule has 1 aliphatic heterocycles. The zero-order chi connectivity index (χ0) is 27.6. The van der Waals surface area contributed by atoms with Crippen molar-refractivity contribution in [3.63, 3.8) is 0 Å². The molecule has 0 spiro atoms. The third-order valence-electron chi connectivity index (χ3n) is 6.57. The first-order valence-electron chi connectivity index (χ1n) is 12.6. The lowest BCUT2D eigenvalue weighted by atomic mass is 10.0. The van der Waals surface area contributed by atoms with Gasteiger partial charge < -0.3 is 19.5 Å². The number of rotatable bonds is 6. The fraction of sp³-hybridized carbons (Fsp3) is 0.379. The van der Waals surface area contributed by atoms with Gasteiger partial charge in [-0.1, -0.05) is 48.0 Å². The average molecular weight is 575 g/mol. The quantitative estimate of drug-likeness (QED) is 0.312. The van der Waals surface area contributed by atoms with Gasteiger partial charge in [-0.25, -0.2) is 4.79 Å². The Morgan fingerprint density at radius 3 is 2.66 bits per heavy atom. The van der Waals surface area contributed by atoms with Crippen LogP contribution in [-0.4, -0.2) is 46.2 Å². The SMILES string of the molecule is C[C@H]1CCN(C(=O)OC(C)(C)C)C1CNC(=O)/C=C/c1ccc(Sc2ccc3c(ccn3C)c2)c(Cl)c1Cl. The zero-order valence-corrected chi connectivity index (χ0v) is 24.6. The summed E-state index contributed by atoms with van der Waals surface area (Å²) in [6.45, 7) is 8.58. The Kier molecular flexibility index (Phi) is 8.70. The van der Waals surface area contributed by atoms with Crippen LogP contribution < -0.4 is 5.32 Å². The first-order chi connectivity index (χ1) is 17.9. The molecule has 1 saturated heterocycles.